The predicted molar refractivity (Wildman–Crippen MR) is 66.1 cm³/mol. The lowest BCUT2D eigenvalue weighted by Crippen LogP contribution is -2.15. The lowest BCUT2D eigenvalue weighted by atomic mass is 9.99. The molecule has 0 heterocycles. The fraction of sp³-hybridized carbons (Fsp3) is 0.615. The number of carbonyl (C=O) groups is 1. The van der Waals surface area contributed by atoms with Crippen LogP contribution in [0.1, 0.15) is 40.0 Å². The third-order valence-electron chi connectivity index (χ3n) is 2.65. The van der Waals surface area contributed by atoms with Crippen LogP contribution in [0.15, 0.2) is 22.8 Å². The van der Waals surface area contributed by atoms with Crippen molar-refractivity contribution in [3.63, 3.8) is 0 Å². The van der Waals surface area contributed by atoms with Gasteiger partial charge in [0.1, 0.15) is 0 Å². The maximum Gasteiger partial charge on any atom is 0.412 e. The molecule has 0 aromatic carbocycles. The normalized spacial score (nSPS) is 14.5. The van der Waals surface area contributed by atoms with Crippen molar-refractivity contribution >= 4 is 5.78 Å². The largest absolute Gasteiger partial charge is 0.412 e. The number of unbranched alkanes of at least 4 members (excludes halogenated alkanes) is 1. The minimum Gasteiger partial charge on any atom is -0.326 e. The first-order chi connectivity index (χ1) is 8.23. The van der Waals surface area contributed by atoms with Crippen molar-refractivity contribution in [3.8, 4) is 0 Å². The van der Waals surface area contributed by atoms with E-state index in [9.17, 15) is 18.0 Å². The highest BCUT2D eigenvalue weighted by atomic mass is 19.4. The molecule has 18 heavy (non-hydrogen) atoms. The smallest absolute Gasteiger partial charge is 0.326 e. The molecule has 0 aliphatic carbocycles. The van der Waals surface area contributed by atoms with Gasteiger partial charge in [-0.25, -0.2) is 0 Å². The van der Waals surface area contributed by atoms with Crippen LogP contribution in [0.4, 0.5) is 13.2 Å². The monoisotopic (exact) mass is 263 g/mol. The molecule has 0 saturated carbocycles. The van der Waals surface area contributed by atoms with Gasteiger partial charge in [-0.3, -0.25) is 4.79 Å². The number of rotatable bonds is 6. The van der Waals surface area contributed by atoms with E-state index in [2.05, 4.69) is 0 Å². The van der Waals surface area contributed by atoms with Crippen LogP contribution < -0.4 is 5.73 Å². The van der Waals surface area contributed by atoms with E-state index in [-0.39, 0.29) is 17.9 Å². The molecule has 2 nitrogen and oxygen atoms in total. The summed E-state index contributed by atoms with van der Waals surface area (Å²) in [7, 11) is 0. The van der Waals surface area contributed by atoms with Crippen LogP contribution in [-0.2, 0) is 4.79 Å². The Morgan fingerprint density at radius 2 is 1.83 bits per heavy atom. The molecule has 0 saturated heterocycles. The number of halogens is 3. The molecule has 0 amide bonds. The molecule has 5 heteroatoms. The first-order valence-corrected chi connectivity index (χ1v) is 5.92. The first-order valence-electron chi connectivity index (χ1n) is 5.92. The summed E-state index contributed by atoms with van der Waals surface area (Å²) in [4.78, 5) is 11.8. The van der Waals surface area contributed by atoms with Gasteiger partial charge in [-0.05, 0) is 25.8 Å². The zero-order valence-electron chi connectivity index (χ0n) is 11.0. The van der Waals surface area contributed by atoms with E-state index in [4.69, 9.17) is 5.73 Å². The Balaban J connectivity index is 5.10. The Bertz CT molecular complexity index is 354. The summed E-state index contributed by atoms with van der Waals surface area (Å²) >= 11 is 0. The second kappa shape index (κ2) is 7.36. The van der Waals surface area contributed by atoms with Gasteiger partial charge < -0.3 is 5.73 Å². The quantitative estimate of drug-likeness (QED) is 0.588. The van der Waals surface area contributed by atoms with Crippen molar-refractivity contribution < 1.29 is 18.0 Å². The highest BCUT2D eigenvalue weighted by Gasteiger charge is 2.30. The average molecular weight is 263 g/mol. The minimum atomic E-state index is -4.37. The van der Waals surface area contributed by atoms with Gasteiger partial charge in [-0.1, -0.05) is 19.4 Å². The van der Waals surface area contributed by atoms with Crippen molar-refractivity contribution in [3.05, 3.63) is 22.8 Å². The summed E-state index contributed by atoms with van der Waals surface area (Å²) in [5.74, 6) is -0.164. The van der Waals surface area contributed by atoms with E-state index in [0.717, 1.165) is 25.8 Å². The lowest BCUT2D eigenvalue weighted by molar-refractivity contribution is -0.115. The Hall–Kier alpha value is -1.10. The molecule has 0 spiro atoms. The van der Waals surface area contributed by atoms with Gasteiger partial charge in [0.2, 0.25) is 0 Å². The van der Waals surface area contributed by atoms with Gasteiger partial charge in [0.05, 0.1) is 0 Å². The number of hydrogen-bond donors (Lipinski definition) is 1. The van der Waals surface area contributed by atoms with Crippen molar-refractivity contribution in [2.45, 2.75) is 46.2 Å². The Labute approximate surface area is 106 Å². The highest BCUT2D eigenvalue weighted by Crippen LogP contribution is 2.26. The Kier molecular flexibility index (Phi) is 6.91. The topological polar surface area (TPSA) is 43.1 Å². The van der Waals surface area contributed by atoms with E-state index < -0.39 is 11.7 Å². The lowest BCUT2D eigenvalue weighted by Gasteiger charge is -2.10. The van der Waals surface area contributed by atoms with Crippen LogP contribution in [0.25, 0.3) is 0 Å². The molecule has 0 aromatic heterocycles. The molecule has 0 aromatic rings. The van der Waals surface area contributed by atoms with Gasteiger partial charge in [-0.2, -0.15) is 13.2 Å². The average Bonchev–Trinajstić information content (AvgIpc) is 2.25. The van der Waals surface area contributed by atoms with Gasteiger partial charge in [-0.15, -0.1) is 0 Å². The van der Waals surface area contributed by atoms with Crippen molar-refractivity contribution in [1.29, 1.82) is 0 Å². The van der Waals surface area contributed by atoms with Crippen molar-refractivity contribution in [2.75, 3.05) is 6.54 Å². The summed E-state index contributed by atoms with van der Waals surface area (Å²) in [6.07, 6.45) is -1.48. The van der Waals surface area contributed by atoms with Crippen LogP contribution >= 0.6 is 0 Å². The first kappa shape index (κ1) is 16.9. The van der Waals surface area contributed by atoms with Gasteiger partial charge in [0.15, 0.2) is 5.78 Å². The van der Waals surface area contributed by atoms with Crippen molar-refractivity contribution in [2.24, 2.45) is 5.73 Å². The van der Waals surface area contributed by atoms with E-state index in [1.54, 1.807) is 0 Å². The number of carbonyl (C=O) groups excluding carboxylic acids is 1. The number of ketones is 1. The van der Waals surface area contributed by atoms with Gasteiger partial charge in [0, 0.05) is 24.1 Å². The number of Topliss-reactive ketones (excluding diaryl/α,β-unsaturated/α-hetero) is 1. The fourth-order valence-electron chi connectivity index (χ4n) is 1.48. The van der Waals surface area contributed by atoms with Crippen LogP contribution in [0.3, 0.4) is 0 Å². The Morgan fingerprint density at radius 1 is 1.28 bits per heavy atom. The Morgan fingerprint density at radius 3 is 2.22 bits per heavy atom. The second-order valence-corrected chi connectivity index (χ2v) is 4.22. The standard InChI is InChI=1S/C13H20F3NO/c1-4-5-6-12(18)11(8-17)9(2)7-10(3)13(14,15)16/h7H,4-6,8,17H2,1-3H3/b10-7+,11-9-. The summed E-state index contributed by atoms with van der Waals surface area (Å²) in [5, 5.41) is 0. The molecule has 0 atom stereocenters. The molecule has 0 rings (SSSR count). The molecule has 0 aliphatic rings. The van der Waals surface area contributed by atoms with E-state index in [1.165, 1.54) is 6.92 Å². The molecule has 0 unspecified atom stereocenters. The maximum absolute atomic E-state index is 12.4. The fourth-order valence-corrected chi connectivity index (χ4v) is 1.48. The van der Waals surface area contributed by atoms with E-state index >= 15 is 0 Å². The van der Waals surface area contributed by atoms with Crippen LogP contribution in [0, 0.1) is 0 Å². The maximum atomic E-state index is 12.4. The highest BCUT2D eigenvalue weighted by molar-refractivity contribution is 5.96. The summed E-state index contributed by atoms with van der Waals surface area (Å²) in [6.45, 7) is 4.38. The number of alkyl halides is 3. The molecule has 0 fully saturated rings. The number of nitrogens with two attached hydrogens (primary N) is 1. The van der Waals surface area contributed by atoms with Gasteiger partial charge in [0.25, 0.3) is 0 Å². The third-order valence-corrected chi connectivity index (χ3v) is 2.65. The van der Waals surface area contributed by atoms with Crippen LogP contribution in [-0.4, -0.2) is 18.5 Å². The van der Waals surface area contributed by atoms with E-state index in [0.29, 0.717) is 12.0 Å². The molecule has 2 N–H and O–H groups in total. The molecular formula is C13H20F3NO. The van der Waals surface area contributed by atoms with Crippen molar-refractivity contribution in [1.82, 2.24) is 0 Å². The predicted octanol–water partition coefficient (Wildman–Crippen LogP) is 3.53. The van der Waals surface area contributed by atoms with Crippen LogP contribution in [0.2, 0.25) is 0 Å². The summed E-state index contributed by atoms with van der Waals surface area (Å²) in [6, 6.07) is 0. The SMILES string of the molecule is CCCCC(=O)/C(CN)=C(C)\C=C(/C)C(F)(F)F. The molecule has 0 bridgehead atoms. The molecule has 104 valence electrons. The number of allylic oxidation sites excluding steroid dienone is 3. The molecule has 0 aliphatic heterocycles. The molecular weight excluding hydrogens is 243 g/mol. The van der Waals surface area contributed by atoms with Crippen LogP contribution in [0.5, 0.6) is 0 Å². The third kappa shape index (κ3) is 5.49. The summed E-state index contributed by atoms with van der Waals surface area (Å²) < 4.78 is 37.1. The second-order valence-electron chi connectivity index (χ2n) is 4.22. The minimum absolute atomic E-state index is 0.0317. The summed E-state index contributed by atoms with van der Waals surface area (Å²) in [5.41, 5.74) is 5.30. The van der Waals surface area contributed by atoms with E-state index in [1.807, 2.05) is 6.92 Å². The molecule has 0 radical (unpaired) electrons. The zero-order chi connectivity index (χ0) is 14.3. The van der Waals surface area contributed by atoms with Gasteiger partial charge >= 0.3 is 6.18 Å². The zero-order valence-corrected chi connectivity index (χ0v) is 11.0. The number of hydrogen-bond acceptors (Lipinski definition) is 2.